The molecule has 2 heterocycles. The topological polar surface area (TPSA) is 43.6 Å². The van der Waals surface area contributed by atoms with Crippen LogP contribution in [0, 0.1) is 6.92 Å². The number of ether oxygens (including phenoxy) is 2. The van der Waals surface area contributed by atoms with Crippen molar-refractivity contribution in [3.63, 3.8) is 0 Å². The van der Waals surface area contributed by atoms with Crippen LogP contribution in [0.2, 0.25) is 0 Å². The van der Waals surface area contributed by atoms with Crippen molar-refractivity contribution in [2.24, 2.45) is 0 Å². The zero-order valence-electron chi connectivity index (χ0n) is 11.3. The molecule has 1 aliphatic rings. The third-order valence-corrected chi connectivity index (χ3v) is 3.24. The molecule has 4 heteroatoms. The van der Waals surface area contributed by atoms with Gasteiger partial charge in [-0.25, -0.2) is 0 Å². The maximum absolute atomic E-state index is 5.85. The molecule has 1 aliphatic heterocycles. The van der Waals surface area contributed by atoms with E-state index < -0.39 is 0 Å². The monoisotopic (exact) mass is 253 g/mol. The van der Waals surface area contributed by atoms with E-state index >= 15 is 0 Å². The summed E-state index contributed by atoms with van der Waals surface area (Å²) in [7, 11) is 0. The summed E-state index contributed by atoms with van der Waals surface area (Å²) in [6.07, 6.45) is 2.30. The molecule has 0 bridgehead atoms. The highest BCUT2D eigenvalue weighted by Gasteiger charge is 2.15. The minimum absolute atomic E-state index is 0.321. The predicted molar refractivity (Wildman–Crippen MR) is 69.5 cm³/mol. The predicted octanol–water partition coefficient (Wildman–Crippen LogP) is 2.39. The third kappa shape index (κ3) is 3.83. The van der Waals surface area contributed by atoms with Crippen molar-refractivity contribution in [2.75, 3.05) is 19.8 Å². The van der Waals surface area contributed by atoms with Gasteiger partial charge >= 0.3 is 0 Å². The second-order valence-electron chi connectivity index (χ2n) is 4.72. The Hall–Kier alpha value is -0.840. The molecular formula is C14H23NO3. The van der Waals surface area contributed by atoms with Crippen LogP contribution in [0.15, 0.2) is 10.5 Å². The second-order valence-corrected chi connectivity index (χ2v) is 4.72. The van der Waals surface area contributed by atoms with Crippen molar-refractivity contribution in [1.29, 1.82) is 0 Å². The van der Waals surface area contributed by atoms with Crippen molar-refractivity contribution < 1.29 is 13.9 Å². The first-order valence-electron chi connectivity index (χ1n) is 6.78. The smallest absolute Gasteiger partial charge is 0.130 e. The molecule has 1 fully saturated rings. The molecule has 0 spiro atoms. The normalized spacial score (nSPS) is 17.2. The van der Waals surface area contributed by atoms with E-state index in [4.69, 9.17) is 13.9 Å². The van der Waals surface area contributed by atoms with Gasteiger partial charge < -0.3 is 19.2 Å². The molecule has 1 N–H and O–H groups in total. The van der Waals surface area contributed by atoms with Gasteiger partial charge in [0.15, 0.2) is 0 Å². The number of aryl methyl sites for hydroxylation is 1. The zero-order chi connectivity index (χ0) is 12.8. The highest BCUT2D eigenvalue weighted by Crippen LogP contribution is 2.18. The lowest BCUT2D eigenvalue weighted by molar-refractivity contribution is -0.0435. The Balaban J connectivity index is 1.81. The first kappa shape index (κ1) is 13.6. The van der Waals surface area contributed by atoms with Crippen LogP contribution in [0.3, 0.4) is 0 Å². The van der Waals surface area contributed by atoms with E-state index in [1.165, 1.54) is 5.56 Å². The van der Waals surface area contributed by atoms with Crippen molar-refractivity contribution in [2.45, 2.75) is 45.9 Å². The van der Waals surface area contributed by atoms with E-state index in [1.54, 1.807) is 0 Å². The van der Waals surface area contributed by atoms with Gasteiger partial charge in [-0.3, -0.25) is 0 Å². The number of furan rings is 1. The Kier molecular flexibility index (Phi) is 5.23. The van der Waals surface area contributed by atoms with Crippen LogP contribution in [0.5, 0.6) is 0 Å². The Morgan fingerprint density at radius 2 is 2.17 bits per heavy atom. The van der Waals surface area contributed by atoms with Gasteiger partial charge in [-0.15, -0.1) is 0 Å². The van der Waals surface area contributed by atoms with E-state index in [-0.39, 0.29) is 0 Å². The van der Waals surface area contributed by atoms with Gasteiger partial charge in [0.25, 0.3) is 0 Å². The SMILES string of the molecule is CCNCc1oc(COC2CCOCC2)cc1C. The van der Waals surface area contributed by atoms with E-state index in [9.17, 15) is 0 Å². The van der Waals surface area contributed by atoms with Crippen LogP contribution >= 0.6 is 0 Å². The summed E-state index contributed by atoms with van der Waals surface area (Å²) in [6, 6.07) is 2.08. The fourth-order valence-electron chi connectivity index (χ4n) is 2.12. The molecule has 4 nitrogen and oxygen atoms in total. The summed E-state index contributed by atoms with van der Waals surface area (Å²) in [6.45, 7) is 8.11. The van der Waals surface area contributed by atoms with Crippen molar-refractivity contribution >= 4 is 0 Å². The number of hydrogen-bond acceptors (Lipinski definition) is 4. The summed E-state index contributed by atoms with van der Waals surface area (Å²) < 4.78 is 16.9. The molecule has 0 aliphatic carbocycles. The molecule has 0 unspecified atom stereocenters. The summed E-state index contributed by atoms with van der Waals surface area (Å²) in [4.78, 5) is 0. The quantitative estimate of drug-likeness (QED) is 0.845. The molecule has 0 saturated carbocycles. The molecule has 2 rings (SSSR count). The lowest BCUT2D eigenvalue weighted by Gasteiger charge is -2.21. The van der Waals surface area contributed by atoms with Gasteiger partial charge in [0.05, 0.1) is 12.6 Å². The molecular weight excluding hydrogens is 230 g/mol. The Labute approximate surface area is 109 Å². The summed E-state index contributed by atoms with van der Waals surface area (Å²) in [5.41, 5.74) is 1.20. The number of rotatable bonds is 6. The number of nitrogens with one attached hydrogen (secondary N) is 1. The minimum Gasteiger partial charge on any atom is -0.462 e. The highest BCUT2D eigenvalue weighted by atomic mass is 16.5. The van der Waals surface area contributed by atoms with Crippen molar-refractivity contribution in [1.82, 2.24) is 5.32 Å². The maximum Gasteiger partial charge on any atom is 0.130 e. The molecule has 1 aromatic heterocycles. The standard InChI is InChI=1S/C14H23NO3/c1-3-15-9-14-11(2)8-13(18-14)10-17-12-4-6-16-7-5-12/h8,12,15H,3-7,9-10H2,1-2H3. The van der Waals surface area contributed by atoms with Gasteiger partial charge in [0, 0.05) is 13.2 Å². The van der Waals surface area contributed by atoms with Crippen LogP contribution in [-0.2, 0) is 22.6 Å². The maximum atomic E-state index is 5.85. The first-order chi connectivity index (χ1) is 8.79. The van der Waals surface area contributed by atoms with E-state index in [0.29, 0.717) is 12.7 Å². The fourth-order valence-corrected chi connectivity index (χ4v) is 2.12. The van der Waals surface area contributed by atoms with E-state index in [1.807, 2.05) is 0 Å². The van der Waals surface area contributed by atoms with Crippen LogP contribution in [0.1, 0.15) is 36.8 Å². The van der Waals surface area contributed by atoms with Gasteiger partial charge in [0.1, 0.15) is 18.1 Å². The van der Waals surface area contributed by atoms with Crippen molar-refractivity contribution in [3.8, 4) is 0 Å². The van der Waals surface area contributed by atoms with E-state index in [2.05, 4.69) is 25.2 Å². The average molecular weight is 253 g/mol. The summed E-state index contributed by atoms with van der Waals surface area (Å²) in [5.74, 6) is 1.94. The van der Waals surface area contributed by atoms with Gasteiger partial charge in [-0.2, -0.15) is 0 Å². The molecule has 1 saturated heterocycles. The van der Waals surface area contributed by atoms with Crippen LogP contribution < -0.4 is 5.32 Å². The minimum atomic E-state index is 0.321. The Bertz CT molecular complexity index is 356. The second kappa shape index (κ2) is 6.92. The van der Waals surface area contributed by atoms with Gasteiger partial charge in [-0.05, 0) is 37.9 Å². The molecule has 18 heavy (non-hydrogen) atoms. The highest BCUT2D eigenvalue weighted by molar-refractivity contribution is 5.19. The Morgan fingerprint density at radius 1 is 1.39 bits per heavy atom. The summed E-state index contributed by atoms with van der Waals surface area (Å²) >= 11 is 0. The van der Waals surface area contributed by atoms with E-state index in [0.717, 1.165) is 50.7 Å². The molecule has 0 atom stereocenters. The first-order valence-corrected chi connectivity index (χ1v) is 6.78. The summed E-state index contributed by atoms with van der Waals surface area (Å²) in [5, 5.41) is 3.27. The average Bonchev–Trinajstić information content (AvgIpc) is 2.76. The fraction of sp³-hybridized carbons (Fsp3) is 0.714. The molecule has 0 radical (unpaired) electrons. The molecule has 0 aromatic carbocycles. The largest absolute Gasteiger partial charge is 0.462 e. The lowest BCUT2D eigenvalue weighted by Crippen LogP contribution is -2.23. The van der Waals surface area contributed by atoms with Crippen LogP contribution in [-0.4, -0.2) is 25.9 Å². The zero-order valence-corrected chi connectivity index (χ0v) is 11.3. The number of hydrogen-bond donors (Lipinski definition) is 1. The molecule has 0 amide bonds. The lowest BCUT2D eigenvalue weighted by atomic mass is 10.1. The third-order valence-electron chi connectivity index (χ3n) is 3.24. The van der Waals surface area contributed by atoms with Gasteiger partial charge in [-0.1, -0.05) is 6.92 Å². The van der Waals surface area contributed by atoms with Crippen molar-refractivity contribution in [3.05, 3.63) is 23.2 Å². The van der Waals surface area contributed by atoms with Crippen LogP contribution in [0.25, 0.3) is 0 Å². The molecule has 1 aromatic rings. The van der Waals surface area contributed by atoms with Gasteiger partial charge in [0.2, 0.25) is 0 Å². The molecule has 102 valence electrons. The van der Waals surface area contributed by atoms with Crippen LogP contribution in [0.4, 0.5) is 0 Å². The Morgan fingerprint density at radius 3 is 2.89 bits per heavy atom.